The maximum absolute atomic E-state index is 9.09. The van der Waals surface area contributed by atoms with Crippen LogP contribution in [0.15, 0.2) is 53.4 Å². The Hall–Kier alpha value is -1.13. The van der Waals surface area contributed by atoms with E-state index in [2.05, 4.69) is 33.4 Å². The third-order valence-electron chi connectivity index (χ3n) is 3.35. The van der Waals surface area contributed by atoms with Crippen LogP contribution in [-0.2, 0) is 9.57 Å². The van der Waals surface area contributed by atoms with E-state index in [4.69, 9.17) is 20.4 Å². The van der Waals surface area contributed by atoms with E-state index in [0.717, 1.165) is 21.5 Å². The monoisotopic (exact) mass is 445 g/mol. The number of nitrogens with one attached hydrogen (secondary N) is 1. The van der Waals surface area contributed by atoms with Gasteiger partial charge in [0.25, 0.3) is 0 Å². The van der Waals surface area contributed by atoms with Gasteiger partial charge in [0, 0.05) is 28.9 Å². The minimum absolute atomic E-state index is 0.0312. The third kappa shape index (κ3) is 8.05. The number of quaternary nitrogens is 1. The molecule has 0 saturated carbocycles. The second-order valence-corrected chi connectivity index (χ2v) is 6.30. The van der Waals surface area contributed by atoms with E-state index < -0.39 is 0 Å². The smallest absolute Gasteiger partial charge is 0.197 e. The van der Waals surface area contributed by atoms with E-state index in [1.807, 2.05) is 24.3 Å². The number of rotatable bonds is 8. The van der Waals surface area contributed by atoms with Crippen LogP contribution in [0.4, 0.5) is 5.69 Å². The van der Waals surface area contributed by atoms with Crippen molar-refractivity contribution in [1.29, 1.82) is 0 Å². The van der Waals surface area contributed by atoms with Crippen LogP contribution in [0.3, 0.4) is 0 Å². The standard InChI is InChI=1S/C11H16BrNO2.C7H9NO2S/c1-14-10-4-2-3-9(7-10)11(8-12)15-6-5-13;1-10-8(9)6-2-4-7(11)5-3-6/h2-4,7,11H,5-6,8,13H2,1H3;2-5,9,11H,1H3/p+1. The highest BCUT2D eigenvalue weighted by Crippen LogP contribution is 2.23. The highest BCUT2D eigenvalue weighted by atomic mass is 79.9. The lowest BCUT2D eigenvalue weighted by molar-refractivity contribution is -1.19. The lowest BCUT2D eigenvalue weighted by Crippen LogP contribution is -3.03. The van der Waals surface area contributed by atoms with E-state index in [1.54, 1.807) is 31.4 Å². The fourth-order valence-corrected chi connectivity index (χ4v) is 2.71. The largest absolute Gasteiger partial charge is 0.497 e. The number of hydrogen-bond donors (Lipinski definition) is 4. The Labute approximate surface area is 168 Å². The Kier molecular flexibility index (Phi) is 11.5. The molecule has 2 rings (SSSR count). The molecule has 4 N–H and O–H groups in total. The van der Waals surface area contributed by atoms with E-state index in [9.17, 15) is 0 Å². The van der Waals surface area contributed by atoms with Crippen molar-refractivity contribution in [2.45, 2.75) is 11.0 Å². The molecule has 26 heavy (non-hydrogen) atoms. The predicted molar refractivity (Wildman–Crippen MR) is 108 cm³/mol. The molecule has 144 valence electrons. The van der Waals surface area contributed by atoms with Crippen LogP contribution in [0.2, 0.25) is 0 Å². The number of thiol groups is 1. The molecule has 0 aliphatic carbocycles. The van der Waals surface area contributed by atoms with Gasteiger partial charge in [0.1, 0.15) is 12.9 Å². The van der Waals surface area contributed by atoms with Gasteiger partial charge in [-0.1, -0.05) is 28.1 Å². The van der Waals surface area contributed by atoms with Gasteiger partial charge >= 0.3 is 0 Å². The van der Waals surface area contributed by atoms with Gasteiger partial charge in [-0.05, 0) is 35.1 Å². The topological polar surface area (TPSA) is 78.4 Å². The SMILES string of the molecule is CO[NH+](O)c1ccc(S)cc1.COc1cccc(C(CBr)OCCN)c1. The van der Waals surface area contributed by atoms with Crippen LogP contribution in [0, 0.1) is 0 Å². The lowest BCUT2D eigenvalue weighted by atomic mass is 10.1. The van der Waals surface area contributed by atoms with Gasteiger partial charge in [-0.3, -0.25) is 0 Å². The zero-order valence-corrected chi connectivity index (χ0v) is 17.4. The number of methoxy groups -OCH3 is 1. The maximum Gasteiger partial charge on any atom is 0.197 e. The fourth-order valence-electron chi connectivity index (χ4n) is 2.00. The summed E-state index contributed by atoms with van der Waals surface area (Å²) in [5.74, 6) is 0.842. The minimum atomic E-state index is -0.0710. The summed E-state index contributed by atoms with van der Waals surface area (Å²) in [7, 11) is 3.08. The molecule has 0 aromatic heterocycles. The summed E-state index contributed by atoms with van der Waals surface area (Å²) < 4.78 is 10.8. The van der Waals surface area contributed by atoms with Gasteiger partial charge in [0.2, 0.25) is 0 Å². The molecule has 2 aromatic rings. The average Bonchev–Trinajstić information content (AvgIpc) is 2.69. The van der Waals surface area contributed by atoms with Crippen molar-refractivity contribution in [1.82, 2.24) is 0 Å². The van der Waals surface area contributed by atoms with Gasteiger partial charge in [0.15, 0.2) is 5.69 Å². The molecule has 0 bridgehead atoms. The van der Waals surface area contributed by atoms with Crippen LogP contribution in [0.1, 0.15) is 11.7 Å². The molecule has 0 saturated heterocycles. The van der Waals surface area contributed by atoms with Gasteiger partial charge in [-0.15, -0.1) is 12.6 Å². The minimum Gasteiger partial charge on any atom is -0.497 e. The molecular weight excluding hydrogens is 420 g/mol. The highest BCUT2D eigenvalue weighted by Gasteiger charge is 2.10. The van der Waals surface area contributed by atoms with Crippen molar-refractivity contribution in [3.05, 3.63) is 54.1 Å². The molecule has 2 unspecified atom stereocenters. The second-order valence-electron chi connectivity index (χ2n) is 5.14. The molecule has 0 amide bonds. The molecule has 8 heteroatoms. The quantitative estimate of drug-likeness (QED) is 0.285. The third-order valence-corrected chi connectivity index (χ3v) is 4.24. The number of benzene rings is 2. The molecule has 0 fully saturated rings. The summed E-state index contributed by atoms with van der Waals surface area (Å²) in [5, 5.41) is 9.77. The molecule has 2 atom stereocenters. The zero-order chi connectivity index (χ0) is 19.4. The molecule has 0 spiro atoms. The van der Waals surface area contributed by atoms with Gasteiger partial charge in [0.05, 0.1) is 19.8 Å². The summed E-state index contributed by atoms with van der Waals surface area (Å²) in [5.41, 5.74) is 7.16. The second kappa shape index (κ2) is 13.1. The first-order valence-corrected chi connectivity index (χ1v) is 9.53. The van der Waals surface area contributed by atoms with E-state index >= 15 is 0 Å². The average molecular weight is 446 g/mol. The first-order chi connectivity index (χ1) is 12.5. The van der Waals surface area contributed by atoms with E-state index in [0.29, 0.717) is 18.8 Å². The van der Waals surface area contributed by atoms with Crippen molar-refractivity contribution >= 4 is 34.2 Å². The summed E-state index contributed by atoms with van der Waals surface area (Å²) >= 11 is 7.52. The van der Waals surface area contributed by atoms with Gasteiger partial charge < -0.3 is 15.2 Å². The first kappa shape index (κ1) is 22.9. The lowest BCUT2D eigenvalue weighted by Gasteiger charge is -2.15. The Morgan fingerprint density at radius 2 is 1.88 bits per heavy atom. The first-order valence-electron chi connectivity index (χ1n) is 7.96. The van der Waals surface area contributed by atoms with Gasteiger partial charge in [-0.2, -0.15) is 10.0 Å². The molecule has 0 radical (unpaired) electrons. The fraction of sp³-hybridized carbons (Fsp3) is 0.333. The molecule has 0 aliphatic heterocycles. The number of alkyl halides is 1. The van der Waals surface area contributed by atoms with Crippen LogP contribution in [0.25, 0.3) is 0 Å². The number of nitrogens with two attached hydrogens (primary N) is 1. The Balaban J connectivity index is 0.000000273. The van der Waals surface area contributed by atoms with Crippen molar-refractivity contribution < 1.29 is 24.7 Å². The highest BCUT2D eigenvalue weighted by molar-refractivity contribution is 9.09. The van der Waals surface area contributed by atoms with Crippen LogP contribution in [0.5, 0.6) is 5.75 Å². The maximum atomic E-state index is 9.09. The zero-order valence-electron chi connectivity index (χ0n) is 14.9. The Morgan fingerprint density at radius 3 is 2.42 bits per heavy atom. The molecule has 6 nitrogen and oxygen atoms in total. The normalized spacial score (nSPS) is 12.7. The molecule has 0 aliphatic rings. The van der Waals surface area contributed by atoms with E-state index in [-0.39, 0.29) is 11.3 Å². The van der Waals surface area contributed by atoms with Crippen molar-refractivity contribution in [2.75, 3.05) is 32.7 Å². The van der Waals surface area contributed by atoms with E-state index in [1.165, 1.54) is 7.11 Å². The number of ether oxygens (including phenoxy) is 2. The van der Waals surface area contributed by atoms with Crippen molar-refractivity contribution in [2.24, 2.45) is 5.73 Å². The Bertz CT molecular complexity index is 631. The Morgan fingerprint density at radius 1 is 1.19 bits per heavy atom. The van der Waals surface area contributed by atoms with Gasteiger partial charge in [-0.25, -0.2) is 0 Å². The van der Waals surface area contributed by atoms with Crippen LogP contribution < -0.4 is 15.7 Å². The number of hydrogen-bond acceptors (Lipinski definition) is 6. The molecule has 0 heterocycles. The molecular formula is C18H26BrN2O4S+. The van der Waals surface area contributed by atoms with Crippen molar-refractivity contribution in [3.63, 3.8) is 0 Å². The predicted octanol–water partition coefficient (Wildman–Crippen LogP) is 2.55. The van der Waals surface area contributed by atoms with Crippen molar-refractivity contribution in [3.8, 4) is 5.75 Å². The summed E-state index contributed by atoms with van der Waals surface area (Å²) in [6, 6.07) is 14.9. The van der Waals surface area contributed by atoms with Crippen LogP contribution in [-0.4, -0.2) is 37.9 Å². The summed E-state index contributed by atoms with van der Waals surface area (Å²) in [6.07, 6.45) is 0.0312. The summed E-state index contributed by atoms with van der Waals surface area (Å²) in [4.78, 5) is 5.48. The number of halogens is 1. The summed E-state index contributed by atoms with van der Waals surface area (Å²) in [6.45, 7) is 1.10. The van der Waals surface area contributed by atoms with Crippen LogP contribution >= 0.6 is 28.6 Å². The molecule has 2 aromatic carbocycles.